The summed E-state index contributed by atoms with van der Waals surface area (Å²) >= 11 is 0. The molecule has 0 unspecified atom stereocenters. The molecule has 0 aromatic carbocycles. The third-order valence-corrected chi connectivity index (χ3v) is 7.10. The molecular formula is C25H44F6O5S. The number of alkyl halides is 6. The normalized spacial score (nSPS) is 13.2. The minimum absolute atomic E-state index is 0.00903. The van der Waals surface area contributed by atoms with Crippen LogP contribution < -0.4 is 0 Å². The molecule has 0 rings (SSSR count). The lowest BCUT2D eigenvalue weighted by atomic mass is 10.0. The van der Waals surface area contributed by atoms with E-state index in [0.717, 1.165) is 25.7 Å². The Morgan fingerprint density at radius 1 is 0.622 bits per heavy atom. The van der Waals surface area contributed by atoms with Crippen LogP contribution >= 0.6 is 0 Å². The van der Waals surface area contributed by atoms with Crippen molar-refractivity contribution in [3.8, 4) is 0 Å². The maximum absolute atomic E-state index is 13.1. The van der Waals surface area contributed by atoms with Crippen molar-refractivity contribution in [3.63, 3.8) is 0 Å². The van der Waals surface area contributed by atoms with Gasteiger partial charge in [0.25, 0.3) is 10.1 Å². The smallest absolute Gasteiger partial charge is 0.438 e. The van der Waals surface area contributed by atoms with Gasteiger partial charge in [0.2, 0.25) is 0 Å². The largest absolute Gasteiger partial charge is 0.438 e. The van der Waals surface area contributed by atoms with Gasteiger partial charge >= 0.3 is 23.9 Å². The van der Waals surface area contributed by atoms with Gasteiger partial charge in [-0.3, -0.25) is 9.35 Å². The van der Waals surface area contributed by atoms with Crippen molar-refractivity contribution < 1.29 is 48.8 Å². The summed E-state index contributed by atoms with van der Waals surface area (Å²) in [5.74, 6) is -4.67. The number of unbranched alkanes of at least 4 members (excludes halogenated alkanes) is 17. The minimum atomic E-state index is -6.29. The van der Waals surface area contributed by atoms with E-state index in [1.54, 1.807) is 0 Å². The first kappa shape index (κ1) is 36.0. The van der Waals surface area contributed by atoms with E-state index in [1.807, 2.05) is 0 Å². The van der Waals surface area contributed by atoms with Gasteiger partial charge in [-0.05, 0) is 6.42 Å². The molecule has 1 N–H and O–H groups in total. The molecule has 0 heterocycles. The van der Waals surface area contributed by atoms with Crippen molar-refractivity contribution in [1.29, 1.82) is 0 Å². The maximum atomic E-state index is 13.1. The van der Waals surface area contributed by atoms with Gasteiger partial charge in [0.1, 0.15) is 5.75 Å². The number of esters is 1. The molecule has 0 saturated carbocycles. The molecule has 0 fully saturated rings. The van der Waals surface area contributed by atoms with Gasteiger partial charge in [-0.1, -0.05) is 116 Å². The van der Waals surface area contributed by atoms with Gasteiger partial charge in [0, 0.05) is 6.42 Å². The fourth-order valence-electron chi connectivity index (χ4n) is 4.14. The zero-order valence-electron chi connectivity index (χ0n) is 21.9. The van der Waals surface area contributed by atoms with Crippen LogP contribution in [-0.4, -0.2) is 42.6 Å². The van der Waals surface area contributed by atoms with Crippen LogP contribution in [0.2, 0.25) is 0 Å². The molecule has 0 aromatic heterocycles. The zero-order valence-corrected chi connectivity index (χ0v) is 22.7. The fraction of sp³-hybridized carbons (Fsp3) is 0.960. The Bertz CT molecular complexity index is 693. The topological polar surface area (TPSA) is 80.7 Å². The Labute approximate surface area is 217 Å². The van der Waals surface area contributed by atoms with Crippen LogP contribution in [0.5, 0.6) is 0 Å². The van der Waals surface area contributed by atoms with E-state index in [9.17, 15) is 39.6 Å². The van der Waals surface area contributed by atoms with Crippen LogP contribution in [0.15, 0.2) is 0 Å². The summed E-state index contributed by atoms with van der Waals surface area (Å²) in [5, 5.41) is 0. The minimum Gasteiger partial charge on any atom is -0.438 e. The first-order valence-electron chi connectivity index (χ1n) is 13.5. The maximum Gasteiger partial charge on any atom is 0.438 e. The van der Waals surface area contributed by atoms with Crippen LogP contribution in [-0.2, 0) is 19.6 Å². The second-order valence-electron chi connectivity index (χ2n) is 9.78. The summed E-state index contributed by atoms with van der Waals surface area (Å²) < 4.78 is 113. The number of hydrogen-bond acceptors (Lipinski definition) is 4. The van der Waals surface area contributed by atoms with Crippen molar-refractivity contribution in [2.45, 2.75) is 147 Å². The molecule has 0 aliphatic carbocycles. The van der Waals surface area contributed by atoms with Crippen molar-refractivity contribution >= 4 is 16.1 Å². The molecular weight excluding hydrogens is 526 g/mol. The summed E-state index contributed by atoms with van der Waals surface area (Å²) in [6.07, 6.45) is 5.89. The predicted octanol–water partition coefficient (Wildman–Crippen LogP) is 8.71. The van der Waals surface area contributed by atoms with Gasteiger partial charge in [0.05, 0.1) is 0 Å². The molecule has 0 radical (unpaired) electrons. The number of rotatable bonds is 22. The van der Waals surface area contributed by atoms with Crippen molar-refractivity contribution in [3.05, 3.63) is 0 Å². The van der Waals surface area contributed by atoms with Gasteiger partial charge in [0.15, 0.2) is 0 Å². The average Bonchev–Trinajstić information content (AvgIpc) is 2.75. The summed E-state index contributed by atoms with van der Waals surface area (Å²) in [6, 6.07) is 0. The van der Waals surface area contributed by atoms with E-state index in [4.69, 9.17) is 4.55 Å². The van der Waals surface area contributed by atoms with Crippen LogP contribution in [0, 0.1) is 0 Å². The quantitative estimate of drug-likeness (QED) is 0.0609. The number of halogens is 6. The first-order valence-corrected chi connectivity index (χ1v) is 15.1. The number of hydrogen-bond donors (Lipinski definition) is 1. The highest BCUT2D eigenvalue weighted by Gasteiger charge is 2.75. The third-order valence-electron chi connectivity index (χ3n) is 6.32. The fourth-order valence-corrected chi connectivity index (χ4v) is 5.04. The summed E-state index contributed by atoms with van der Waals surface area (Å²) in [5.41, 5.74) is -5.32. The monoisotopic (exact) mass is 570 g/mol. The SMILES string of the molecule is CCCCCCCCCCCCCCCCCCCCC(=O)OC(CS(=O)(=O)O)(C(F)(F)F)C(F)(F)F. The second kappa shape index (κ2) is 18.3. The molecule has 0 saturated heterocycles. The molecule has 0 bridgehead atoms. The number of ether oxygens (including phenoxy) is 1. The van der Waals surface area contributed by atoms with E-state index in [0.29, 0.717) is 12.8 Å². The van der Waals surface area contributed by atoms with Crippen LogP contribution in [0.1, 0.15) is 129 Å². The van der Waals surface area contributed by atoms with Gasteiger partial charge in [-0.15, -0.1) is 0 Å². The van der Waals surface area contributed by atoms with Crippen LogP contribution in [0.4, 0.5) is 26.3 Å². The average molecular weight is 571 g/mol. The molecule has 12 heteroatoms. The molecule has 0 aromatic rings. The second-order valence-corrected chi connectivity index (χ2v) is 11.2. The zero-order chi connectivity index (χ0) is 28.4. The Kier molecular flexibility index (Phi) is 17.8. The standard InChI is InChI=1S/C25H44F6O5S/c1-2-3-4-5-6-7-8-9-10-11-12-13-14-15-16-17-18-19-20-22(32)36-23(24(26,27)28,25(29,30)31)21-37(33,34)35/h2-21H2,1H3,(H,33,34,35). The van der Waals surface area contributed by atoms with E-state index in [-0.39, 0.29) is 6.42 Å². The van der Waals surface area contributed by atoms with Crippen molar-refractivity contribution in [2.75, 3.05) is 5.75 Å². The molecule has 0 atom stereocenters. The first-order chi connectivity index (χ1) is 17.2. The molecule has 5 nitrogen and oxygen atoms in total. The number of carbonyl (C=O) groups is 1. The van der Waals surface area contributed by atoms with E-state index in [2.05, 4.69) is 11.7 Å². The predicted molar refractivity (Wildman–Crippen MR) is 131 cm³/mol. The lowest BCUT2D eigenvalue weighted by molar-refractivity contribution is -0.361. The van der Waals surface area contributed by atoms with E-state index in [1.165, 1.54) is 70.6 Å². The number of carbonyl (C=O) groups excluding carboxylic acids is 1. The van der Waals surface area contributed by atoms with Crippen molar-refractivity contribution in [2.24, 2.45) is 0 Å². The van der Waals surface area contributed by atoms with Crippen LogP contribution in [0.3, 0.4) is 0 Å². The molecule has 37 heavy (non-hydrogen) atoms. The molecule has 0 aliphatic rings. The molecule has 0 aliphatic heterocycles. The molecule has 222 valence electrons. The van der Waals surface area contributed by atoms with Gasteiger partial charge in [-0.2, -0.15) is 34.8 Å². The lowest BCUT2D eigenvalue weighted by Crippen LogP contribution is -2.63. The Morgan fingerprint density at radius 3 is 1.19 bits per heavy atom. The van der Waals surface area contributed by atoms with Crippen molar-refractivity contribution in [1.82, 2.24) is 0 Å². The van der Waals surface area contributed by atoms with Gasteiger partial charge in [-0.25, -0.2) is 0 Å². The summed E-state index contributed by atoms with van der Waals surface area (Å²) in [6.45, 7) is 2.21. The Hall–Kier alpha value is -1.04. The lowest BCUT2D eigenvalue weighted by Gasteiger charge is -2.35. The molecule has 0 amide bonds. The van der Waals surface area contributed by atoms with Crippen LogP contribution in [0.25, 0.3) is 0 Å². The third kappa shape index (κ3) is 16.5. The van der Waals surface area contributed by atoms with E-state index < -0.39 is 46.2 Å². The highest BCUT2D eigenvalue weighted by molar-refractivity contribution is 7.85. The van der Waals surface area contributed by atoms with E-state index >= 15 is 0 Å². The summed E-state index contributed by atoms with van der Waals surface area (Å²) in [4.78, 5) is 11.7. The highest BCUT2D eigenvalue weighted by atomic mass is 32.2. The Morgan fingerprint density at radius 2 is 0.919 bits per heavy atom. The molecule has 0 spiro atoms. The highest BCUT2D eigenvalue weighted by Crippen LogP contribution is 2.47. The summed E-state index contributed by atoms with van der Waals surface area (Å²) in [7, 11) is -5.76. The Balaban J connectivity index is 3.99. The van der Waals surface area contributed by atoms with Gasteiger partial charge < -0.3 is 4.74 Å².